The van der Waals surface area contributed by atoms with E-state index in [2.05, 4.69) is 10.2 Å². The van der Waals surface area contributed by atoms with Crippen molar-refractivity contribution >= 4 is 21.4 Å². The van der Waals surface area contributed by atoms with Gasteiger partial charge in [-0.3, -0.25) is 0 Å². The molecule has 2 aromatic heterocycles. The van der Waals surface area contributed by atoms with Crippen LogP contribution in [-0.4, -0.2) is 36.0 Å². The van der Waals surface area contributed by atoms with Crippen molar-refractivity contribution in [2.75, 3.05) is 13.1 Å². The molecule has 1 aliphatic rings. The second-order valence-corrected chi connectivity index (χ2v) is 9.40. The molecule has 0 radical (unpaired) electrons. The van der Waals surface area contributed by atoms with Crippen LogP contribution in [0.2, 0.25) is 0 Å². The van der Waals surface area contributed by atoms with Gasteiger partial charge in [0.1, 0.15) is 0 Å². The summed E-state index contributed by atoms with van der Waals surface area (Å²) in [7, 11) is -4.08. The zero-order chi connectivity index (χ0) is 20.6. The molecule has 1 atom stereocenters. The number of hydrogen-bond donors (Lipinski definition) is 0. The van der Waals surface area contributed by atoms with Crippen molar-refractivity contribution in [2.45, 2.75) is 29.8 Å². The smallest absolute Gasteiger partial charge is 0.416 e. The van der Waals surface area contributed by atoms with Gasteiger partial charge in [0.15, 0.2) is 0 Å². The molecule has 0 spiro atoms. The van der Waals surface area contributed by atoms with Gasteiger partial charge in [-0.2, -0.15) is 28.8 Å². The van der Waals surface area contributed by atoms with E-state index in [1.54, 1.807) is 0 Å². The number of hydrogen-bond acceptors (Lipinski definition) is 6. The average molecular weight is 443 g/mol. The first-order chi connectivity index (χ1) is 13.7. The molecule has 11 heteroatoms. The highest BCUT2D eigenvalue weighted by Gasteiger charge is 2.36. The molecule has 0 N–H and O–H groups in total. The number of benzene rings is 1. The van der Waals surface area contributed by atoms with Gasteiger partial charge in [0.05, 0.1) is 16.4 Å². The summed E-state index contributed by atoms with van der Waals surface area (Å²) in [5.74, 6) is 0.374. The maximum Gasteiger partial charge on any atom is 0.416 e. The average Bonchev–Trinajstić information content (AvgIpc) is 3.39. The molecule has 154 valence electrons. The van der Waals surface area contributed by atoms with E-state index in [0.717, 1.165) is 17.7 Å². The summed E-state index contributed by atoms with van der Waals surface area (Å²) in [5, 5.41) is 11.8. The molecule has 1 aliphatic heterocycles. The lowest BCUT2D eigenvalue weighted by atomic mass is 10.00. The molecule has 0 saturated carbocycles. The van der Waals surface area contributed by atoms with Gasteiger partial charge < -0.3 is 4.42 Å². The molecule has 6 nitrogen and oxygen atoms in total. The maximum absolute atomic E-state index is 13.0. The molecule has 29 heavy (non-hydrogen) atoms. The van der Waals surface area contributed by atoms with Crippen LogP contribution in [0.15, 0.2) is 50.4 Å². The molecule has 4 rings (SSSR count). The highest BCUT2D eigenvalue weighted by Crippen LogP contribution is 2.34. The molecule has 0 bridgehead atoms. The first-order valence-electron chi connectivity index (χ1n) is 8.78. The van der Waals surface area contributed by atoms with Crippen LogP contribution in [0.4, 0.5) is 13.2 Å². The zero-order valence-electron chi connectivity index (χ0n) is 15.0. The number of alkyl halides is 3. The molecule has 1 aromatic carbocycles. The minimum atomic E-state index is -4.61. The minimum Gasteiger partial charge on any atom is -0.420 e. The second kappa shape index (κ2) is 7.54. The third-order valence-corrected chi connectivity index (χ3v) is 7.29. The molecule has 1 unspecified atom stereocenters. The Hall–Kier alpha value is -2.24. The lowest BCUT2D eigenvalue weighted by Gasteiger charge is -2.30. The van der Waals surface area contributed by atoms with Gasteiger partial charge in [0.2, 0.25) is 21.8 Å². The summed E-state index contributed by atoms with van der Waals surface area (Å²) in [6, 6.07) is 5.63. The van der Waals surface area contributed by atoms with Crippen LogP contribution in [0.1, 0.15) is 30.2 Å². The largest absolute Gasteiger partial charge is 0.420 e. The number of aromatic nitrogens is 2. The van der Waals surface area contributed by atoms with Crippen molar-refractivity contribution in [2.24, 2.45) is 0 Å². The number of halogens is 3. The third-order valence-electron chi connectivity index (χ3n) is 4.74. The Morgan fingerprint density at radius 3 is 2.76 bits per heavy atom. The van der Waals surface area contributed by atoms with Gasteiger partial charge in [0.25, 0.3) is 0 Å². The van der Waals surface area contributed by atoms with E-state index in [4.69, 9.17) is 4.42 Å². The van der Waals surface area contributed by atoms with E-state index in [0.29, 0.717) is 30.7 Å². The van der Waals surface area contributed by atoms with Gasteiger partial charge >= 0.3 is 6.18 Å². The molecule has 3 aromatic rings. The van der Waals surface area contributed by atoms with Gasteiger partial charge in [0, 0.05) is 24.0 Å². The SMILES string of the molecule is O=S(=O)(c1cccc(C(F)(F)F)c1)N1CCCC(c2nnc(-c3ccsc3)o2)C1. The summed E-state index contributed by atoms with van der Waals surface area (Å²) in [6.07, 6.45) is -3.42. The van der Waals surface area contributed by atoms with Crippen molar-refractivity contribution in [1.29, 1.82) is 0 Å². The number of rotatable bonds is 4. The molecular weight excluding hydrogens is 427 g/mol. The van der Waals surface area contributed by atoms with E-state index >= 15 is 0 Å². The van der Waals surface area contributed by atoms with Crippen LogP contribution in [0.3, 0.4) is 0 Å². The summed E-state index contributed by atoms with van der Waals surface area (Å²) >= 11 is 1.49. The summed E-state index contributed by atoms with van der Waals surface area (Å²) in [6.45, 7) is 0.296. The van der Waals surface area contributed by atoms with E-state index in [1.165, 1.54) is 21.7 Å². The maximum atomic E-state index is 13.0. The van der Waals surface area contributed by atoms with Gasteiger partial charge in [-0.05, 0) is 42.5 Å². The second-order valence-electron chi connectivity index (χ2n) is 6.69. The van der Waals surface area contributed by atoms with E-state index in [1.807, 2.05) is 16.8 Å². The van der Waals surface area contributed by atoms with Crippen LogP contribution >= 0.6 is 11.3 Å². The molecular formula is C18H16F3N3O3S2. The molecule has 0 aliphatic carbocycles. The van der Waals surface area contributed by atoms with Crippen LogP contribution in [0.5, 0.6) is 0 Å². The minimum absolute atomic E-state index is 0.0733. The lowest BCUT2D eigenvalue weighted by Crippen LogP contribution is -2.39. The molecule has 0 amide bonds. The van der Waals surface area contributed by atoms with Gasteiger partial charge in [-0.15, -0.1) is 10.2 Å². The number of sulfonamides is 1. The Balaban J connectivity index is 1.57. The summed E-state index contributed by atoms with van der Waals surface area (Å²) in [5.41, 5.74) is -0.206. The van der Waals surface area contributed by atoms with Crippen molar-refractivity contribution < 1.29 is 26.0 Å². The first-order valence-corrected chi connectivity index (χ1v) is 11.2. The van der Waals surface area contributed by atoms with Crippen LogP contribution in [-0.2, 0) is 16.2 Å². The van der Waals surface area contributed by atoms with E-state index in [9.17, 15) is 21.6 Å². The number of piperidine rings is 1. The highest BCUT2D eigenvalue weighted by molar-refractivity contribution is 7.89. The highest BCUT2D eigenvalue weighted by atomic mass is 32.2. The number of nitrogens with zero attached hydrogens (tertiary/aromatic N) is 3. The topological polar surface area (TPSA) is 76.3 Å². The quantitative estimate of drug-likeness (QED) is 0.598. The van der Waals surface area contributed by atoms with Crippen molar-refractivity contribution in [3.8, 4) is 11.5 Å². The van der Waals surface area contributed by atoms with Crippen molar-refractivity contribution in [3.05, 3.63) is 52.5 Å². The standard InChI is InChI=1S/C18H16F3N3O3S2/c19-18(20,21)14-4-1-5-15(9-14)29(25,26)24-7-2-3-12(10-24)16-22-23-17(27-16)13-6-8-28-11-13/h1,4-6,8-9,11-12H,2-3,7,10H2. The predicted molar refractivity (Wildman–Crippen MR) is 99.8 cm³/mol. The van der Waals surface area contributed by atoms with Gasteiger partial charge in [-0.1, -0.05) is 6.07 Å². The van der Waals surface area contributed by atoms with Gasteiger partial charge in [-0.25, -0.2) is 8.42 Å². The number of thiophene rings is 1. The Bertz CT molecular complexity index is 1100. The monoisotopic (exact) mass is 443 g/mol. The van der Waals surface area contributed by atoms with Crippen LogP contribution in [0.25, 0.3) is 11.5 Å². The predicted octanol–water partition coefficient (Wildman–Crippen LogP) is 4.39. The Kier molecular flexibility index (Phi) is 5.21. The summed E-state index contributed by atoms with van der Waals surface area (Å²) in [4.78, 5) is -0.377. The Morgan fingerprint density at radius 2 is 2.03 bits per heavy atom. The Labute approximate surface area is 169 Å². The summed E-state index contributed by atoms with van der Waals surface area (Å²) < 4.78 is 71.7. The van der Waals surface area contributed by atoms with Crippen molar-refractivity contribution in [1.82, 2.24) is 14.5 Å². The van der Waals surface area contributed by atoms with Crippen LogP contribution in [0, 0.1) is 0 Å². The Morgan fingerprint density at radius 1 is 1.21 bits per heavy atom. The molecule has 3 heterocycles. The van der Waals surface area contributed by atoms with E-state index < -0.39 is 21.8 Å². The first kappa shape index (κ1) is 20.0. The lowest BCUT2D eigenvalue weighted by molar-refractivity contribution is -0.137. The van der Waals surface area contributed by atoms with E-state index in [-0.39, 0.29) is 23.9 Å². The zero-order valence-corrected chi connectivity index (χ0v) is 16.6. The third kappa shape index (κ3) is 4.07. The molecule has 1 saturated heterocycles. The fraction of sp³-hybridized carbons (Fsp3) is 0.333. The molecule has 1 fully saturated rings. The van der Waals surface area contributed by atoms with Crippen molar-refractivity contribution in [3.63, 3.8) is 0 Å². The normalized spacial score (nSPS) is 18.8. The van der Waals surface area contributed by atoms with Crippen LogP contribution < -0.4 is 0 Å². The fourth-order valence-electron chi connectivity index (χ4n) is 3.25. The fourth-order valence-corrected chi connectivity index (χ4v) is 5.45.